The first-order chi connectivity index (χ1) is 8.26. The molecule has 0 heterocycles. The Morgan fingerprint density at radius 3 is 2.82 bits per heavy atom. The normalized spacial score (nSPS) is 10.8. The molecule has 17 heavy (non-hydrogen) atoms. The van der Waals surface area contributed by atoms with Gasteiger partial charge in [0, 0.05) is 13.1 Å². The molecule has 3 nitrogen and oxygen atoms in total. The van der Waals surface area contributed by atoms with E-state index in [-0.39, 0.29) is 0 Å². The highest BCUT2D eigenvalue weighted by Gasteiger charge is 1.98. The van der Waals surface area contributed by atoms with E-state index >= 15 is 0 Å². The number of rotatable bonds is 8. The quantitative estimate of drug-likeness (QED) is 0.748. The average Bonchev–Trinajstić information content (AvgIpc) is 2.36. The van der Waals surface area contributed by atoms with Crippen molar-refractivity contribution in [2.75, 3.05) is 33.3 Å². The summed E-state index contributed by atoms with van der Waals surface area (Å²) < 4.78 is 5.73. The van der Waals surface area contributed by atoms with Gasteiger partial charge >= 0.3 is 0 Å². The largest absolute Gasteiger partial charge is 0.492 e. The number of nitrogens with one attached hydrogen (secondary N) is 1. The molecule has 1 aromatic rings. The molecule has 3 heteroatoms. The van der Waals surface area contributed by atoms with E-state index in [9.17, 15) is 0 Å². The number of hydrogen-bond donors (Lipinski definition) is 1. The first-order valence-corrected chi connectivity index (χ1v) is 6.37. The molecular formula is C14H24N2O. The Hall–Kier alpha value is -1.06. The summed E-state index contributed by atoms with van der Waals surface area (Å²) in [7, 11) is 2.10. The van der Waals surface area contributed by atoms with Crippen LogP contribution in [0.15, 0.2) is 24.3 Å². The molecule has 0 amide bonds. The fraction of sp³-hybridized carbons (Fsp3) is 0.571. The minimum absolute atomic E-state index is 0.745. The Morgan fingerprint density at radius 1 is 1.29 bits per heavy atom. The molecule has 1 N–H and O–H groups in total. The predicted molar refractivity (Wildman–Crippen MR) is 72.5 cm³/mol. The fourth-order valence-corrected chi connectivity index (χ4v) is 1.49. The molecule has 0 aliphatic rings. The lowest BCUT2D eigenvalue weighted by molar-refractivity contribution is 0.243. The van der Waals surface area contributed by atoms with Gasteiger partial charge in [0.05, 0.1) is 0 Å². The zero-order chi connectivity index (χ0) is 12.5. The molecule has 0 aromatic heterocycles. The third-order valence-electron chi connectivity index (χ3n) is 2.76. The van der Waals surface area contributed by atoms with Crippen LogP contribution in [0.3, 0.4) is 0 Å². The van der Waals surface area contributed by atoms with Crippen molar-refractivity contribution in [3.05, 3.63) is 29.8 Å². The van der Waals surface area contributed by atoms with Gasteiger partial charge in [-0.15, -0.1) is 0 Å². The van der Waals surface area contributed by atoms with E-state index in [0.29, 0.717) is 0 Å². The second kappa shape index (κ2) is 8.09. The van der Waals surface area contributed by atoms with Gasteiger partial charge in [-0.3, -0.25) is 0 Å². The van der Waals surface area contributed by atoms with E-state index in [0.717, 1.165) is 38.5 Å². The van der Waals surface area contributed by atoms with Crippen molar-refractivity contribution in [3.8, 4) is 5.75 Å². The second-order valence-electron chi connectivity index (χ2n) is 4.17. The Balaban J connectivity index is 2.37. The van der Waals surface area contributed by atoms with Crippen molar-refractivity contribution in [2.45, 2.75) is 20.4 Å². The monoisotopic (exact) mass is 236 g/mol. The van der Waals surface area contributed by atoms with Crippen molar-refractivity contribution >= 4 is 0 Å². The molecule has 96 valence electrons. The van der Waals surface area contributed by atoms with Crippen LogP contribution in [0.5, 0.6) is 5.75 Å². The van der Waals surface area contributed by atoms with Crippen LogP contribution in [-0.4, -0.2) is 38.2 Å². The summed E-state index contributed by atoms with van der Waals surface area (Å²) in [5.74, 6) is 0.963. The Morgan fingerprint density at radius 2 is 2.12 bits per heavy atom. The molecule has 0 saturated heterocycles. The lowest BCUT2D eigenvalue weighted by Crippen LogP contribution is -2.23. The second-order valence-corrected chi connectivity index (χ2v) is 4.17. The van der Waals surface area contributed by atoms with Crippen LogP contribution in [0.1, 0.15) is 19.4 Å². The standard InChI is InChI=1S/C14H24N2O/c1-4-15-12-13-7-6-8-14(11-13)17-10-9-16(3)5-2/h6-8,11,15H,4-5,9-10,12H2,1-3H3. The highest BCUT2D eigenvalue weighted by Crippen LogP contribution is 2.13. The molecule has 1 aromatic carbocycles. The number of ether oxygens (including phenoxy) is 1. The first-order valence-electron chi connectivity index (χ1n) is 6.37. The van der Waals surface area contributed by atoms with E-state index in [1.165, 1.54) is 5.56 Å². The SMILES string of the molecule is CCNCc1cccc(OCCN(C)CC)c1. The predicted octanol–water partition coefficient (Wildman–Crippen LogP) is 2.13. The molecule has 1 rings (SSSR count). The summed E-state index contributed by atoms with van der Waals surface area (Å²) in [6.07, 6.45) is 0. The summed E-state index contributed by atoms with van der Waals surface area (Å²) in [5, 5.41) is 3.31. The molecule has 0 aliphatic carbocycles. The number of likely N-dealkylation sites (N-methyl/N-ethyl adjacent to an activating group) is 1. The summed E-state index contributed by atoms with van der Waals surface area (Å²) in [5.41, 5.74) is 1.27. The molecule has 0 bridgehead atoms. The molecule has 0 aliphatic heterocycles. The van der Waals surface area contributed by atoms with Crippen LogP contribution in [-0.2, 0) is 6.54 Å². The van der Waals surface area contributed by atoms with E-state index in [1.54, 1.807) is 0 Å². The maximum Gasteiger partial charge on any atom is 0.119 e. The van der Waals surface area contributed by atoms with Crippen molar-refractivity contribution in [2.24, 2.45) is 0 Å². The van der Waals surface area contributed by atoms with Crippen LogP contribution in [0.4, 0.5) is 0 Å². The topological polar surface area (TPSA) is 24.5 Å². The molecule has 0 fully saturated rings. The average molecular weight is 236 g/mol. The Kier molecular flexibility index (Phi) is 6.67. The highest BCUT2D eigenvalue weighted by atomic mass is 16.5. The number of benzene rings is 1. The minimum atomic E-state index is 0.745. The molecule has 0 unspecified atom stereocenters. The van der Waals surface area contributed by atoms with Crippen LogP contribution < -0.4 is 10.1 Å². The molecule has 0 saturated carbocycles. The van der Waals surface area contributed by atoms with E-state index in [4.69, 9.17) is 4.74 Å². The van der Waals surface area contributed by atoms with Crippen molar-refractivity contribution < 1.29 is 4.74 Å². The molecule has 0 spiro atoms. The van der Waals surface area contributed by atoms with Crippen LogP contribution in [0, 0.1) is 0 Å². The summed E-state index contributed by atoms with van der Waals surface area (Å²) in [4.78, 5) is 2.24. The van der Waals surface area contributed by atoms with Crippen LogP contribution >= 0.6 is 0 Å². The van der Waals surface area contributed by atoms with Crippen LogP contribution in [0.2, 0.25) is 0 Å². The lowest BCUT2D eigenvalue weighted by atomic mass is 10.2. The van der Waals surface area contributed by atoms with E-state index < -0.39 is 0 Å². The van der Waals surface area contributed by atoms with Gasteiger partial charge in [-0.2, -0.15) is 0 Å². The van der Waals surface area contributed by atoms with Gasteiger partial charge in [-0.1, -0.05) is 26.0 Å². The van der Waals surface area contributed by atoms with Gasteiger partial charge < -0.3 is 15.0 Å². The summed E-state index contributed by atoms with van der Waals surface area (Å²) in [6, 6.07) is 8.29. The van der Waals surface area contributed by atoms with Gasteiger partial charge in [0.15, 0.2) is 0 Å². The van der Waals surface area contributed by atoms with Crippen LogP contribution in [0.25, 0.3) is 0 Å². The molecule has 0 radical (unpaired) electrons. The highest BCUT2D eigenvalue weighted by molar-refractivity contribution is 5.28. The lowest BCUT2D eigenvalue weighted by Gasteiger charge is -2.14. The summed E-state index contributed by atoms with van der Waals surface area (Å²) in [6.45, 7) is 8.93. The molecular weight excluding hydrogens is 212 g/mol. The third-order valence-corrected chi connectivity index (χ3v) is 2.76. The van der Waals surface area contributed by atoms with Crippen molar-refractivity contribution in [3.63, 3.8) is 0 Å². The van der Waals surface area contributed by atoms with Crippen molar-refractivity contribution in [1.82, 2.24) is 10.2 Å². The zero-order valence-electron chi connectivity index (χ0n) is 11.2. The Bertz CT molecular complexity index is 315. The maximum atomic E-state index is 5.73. The van der Waals surface area contributed by atoms with Gasteiger partial charge in [-0.05, 0) is 37.8 Å². The number of nitrogens with zero attached hydrogens (tertiary/aromatic N) is 1. The first kappa shape index (κ1) is 14.0. The van der Waals surface area contributed by atoms with Crippen molar-refractivity contribution in [1.29, 1.82) is 0 Å². The minimum Gasteiger partial charge on any atom is -0.492 e. The smallest absolute Gasteiger partial charge is 0.119 e. The molecule has 0 atom stereocenters. The van der Waals surface area contributed by atoms with Gasteiger partial charge in [0.1, 0.15) is 12.4 Å². The van der Waals surface area contributed by atoms with Gasteiger partial charge in [0.2, 0.25) is 0 Å². The zero-order valence-corrected chi connectivity index (χ0v) is 11.2. The van der Waals surface area contributed by atoms with Gasteiger partial charge in [0.25, 0.3) is 0 Å². The third kappa shape index (κ3) is 5.71. The number of hydrogen-bond acceptors (Lipinski definition) is 3. The van der Waals surface area contributed by atoms with E-state index in [1.807, 2.05) is 12.1 Å². The Labute approximate surface area is 105 Å². The van der Waals surface area contributed by atoms with E-state index in [2.05, 4.69) is 43.2 Å². The summed E-state index contributed by atoms with van der Waals surface area (Å²) >= 11 is 0. The fourth-order valence-electron chi connectivity index (χ4n) is 1.49. The maximum absolute atomic E-state index is 5.73. The van der Waals surface area contributed by atoms with Gasteiger partial charge in [-0.25, -0.2) is 0 Å².